The Kier molecular flexibility index (Phi) is 4.61. The zero-order valence-corrected chi connectivity index (χ0v) is 12.6. The normalized spacial score (nSPS) is 10.6. The predicted octanol–water partition coefficient (Wildman–Crippen LogP) is 5.72. The van der Waals surface area contributed by atoms with Crippen molar-refractivity contribution in [3.63, 3.8) is 0 Å². The maximum atomic E-state index is 6.14. The lowest BCUT2D eigenvalue weighted by molar-refractivity contribution is 1.25. The molecule has 0 aliphatic rings. The molecule has 0 unspecified atom stereocenters. The lowest BCUT2D eigenvalue weighted by atomic mass is 10.3. The maximum Gasteiger partial charge on any atom is 0.0556 e. The van der Waals surface area contributed by atoms with Crippen LogP contribution in [0, 0.1) is 0 Å². The highest BCUT2D eigenvalue weighted by molar-refractivity contribution is 8.00. The van der Waals surface area contributed by atoms with E-state index in [0.29, 0.717) is 10.0 Å². The van der Waals surface area contributed by atoms with E-state index in [-0.39, 0.29) is 0 Å². The van der Waals surface area contributed by atoms with Gasteiger partial charge in [-0.1, -0.05) is 35.0 Å². The van der Waals surface area contributed by atoms with Crippen molar-refractivity contribution in [2.45, 2.75) is 19.6 Å². The van der Waals surface area contributed by atoms with Crippen LogP contribution in [0.3, 0.4) is 0 Å². The van der Waals surface area contributed by atoms with Gasteiger partial charge in [-0.15, -0.1) is 25.3 Å². The van der Waals surface area contributed by atoms with Crippen LogP contribution in [0.25, 0.3) is 0 Å². The van der Waals surface area contributed by atoms with Gasteiger partial charge in [0.15, 0.2) is 0 Å². The molecule has 0 N–H and O–H groups in total. The first-order valence-electron chi connectivity index (χ1n) is 4.71. The maximum absolute atomic E-state index is 6.14. The van der Waals surface area contributed by atoms with Gasteiger partial charge in [-0.25, -0.2) is 0 Å². The van der Waals surface area contributed by atoms with E-state index in [2.05, 4.69) is 25.3 Å². The van der Waals surface area contributed by atoms with E-state index in [4.69, 9.17) is 23.2 Å². The molecule has 2 rings (SSSR count). The predicted molar refractivity (Wildman–Crippen MR) is 81.5 cm³/mol. The molecule has 0 heterocycles. The topological polar surface area (TPSA) is 0 Å². The Bertz CT molecular complexity index is 506. The van der Waals surface area contributed by atoms with Gasteiger partial charge in [0.25, 0.3) is 0 Å². The minimum Gasteiger partial charge on any atom is -0.143 e. The molecule has 0 amide bonds. The van der Waals surface area contributed by atoms with E-state index in [9.17, 15) is 0 Å². The van der Waals surface area contributed by atoms with E-state index in [1.165, 1.54) is 0 Å². The van der Waals surface area contributed by atoms with E-state index in [1.54, 1.807) is 11.8 Å². The molecule has 0 spiro atoms. The average molecular weight is 319 g/mol. The molecule has 0 aliphatic carbocycles. The molecule has 5 heteroatoms. The summed E-state index contributed by atoms with van der Waals surface area (Å²) in [6.07, 6.45) is 0. The van der Waals surface area contributed by atoms with Crippen molar-refractivity contribution in [3.05, 3.63) is 46.4 Å². The summed E-state index contributed by atoms with van der Waals surface area (Å²) < 4.78 is 0. The van der Waals surface area contributed by atoms with Crippen LogP contribution in [0.2, 0.25) is 10.0 Å². The SMILES string of the molecule is Sc1ccc(Sc2ccc(Cl)cc2S)c(Cl)c1. The average Bonchev–Trinajstić information content (AvgIpc) is 2.25. The van der Waals surface area contributed by atoms with E-state index in [1.807, 2.05) is 36.4 Å². The van der Waals surface area contributed by atoms with Crippen molar-refractivity contribution in [1.82, 2.24) is 0 Å². The van der Waals surface area contributed by atoms with Gasteiger partial charge in [-0.05, 0) is 36.4 Å². The molecule has 0 fully saturated rings. The van der Waals surface area contributed by atoms with Crippen molar-refractivity contribution in [2.24, 2.45) is 0 Å². The van der Waals surface area contributed by atoms with Gasteiger partial charge in [-0.2, -0.15) is 0 Å². The van der Waals surface area contributed by atoms with Gasteiger partial charge >= 0.3 is 0 Å². The number of hydrogen-bond donors (Lipinski definition) is 2. The highest BCUT2D eigenvalue weighted by Crippen LogP contribution is 2.37. The summed E-state index contributed by atoms with van der Waals surface area (Å²) >= 11 is 22.2. The Hall–Kier alpha value is 0.0700. The van der Waals surface area contributed by atoms with Crippen LogP contribution < -0.4 is 0 Å². The molecule has 0 nitrogen and oxygen atoms in total. The van der Waals surface area contributed by atoms with Crippen molar-refractivity contribution < 1.29 is 0 Å². The Morgan fingerprint density at radius 1 is 0.882 bits per heavy atom. The molecular weight excluding hydrogens is 311 g/mol. The summed E-state index contributed by atoms with van der Waals surface area (Å²) in [5, 5.41) is 1.36. The van der Waals surface area contributed by atoms with Gasteiger partial charge in [0.1, 0.15) is 0 Å². The number of benzene rings is 2. The smallest absolute Gasteiger partial charge is 0.0556 e. The van der Waals surface area contributed by atoms with Gasteiger partial charge in [0.2, 0.25) is 0 Å². The van der Waals surface area contributed by atoms with Crippen LogP contribution in [0.15, 0.2) is 56.0 Å². The van der Waals surface area contributed by atoms with Crippen LogP contribution in [0.5, 0.6) is 0 Å². The minimum absolute atomic E-state index is 0.677. The first kappa shape index (κ1) is 13.5. The summed E-state index contributed by atoms with van der Waals surface area (Å²) in [5.74, 6) is 0. The van der Waals surface area contributed by atoms with Crippen LogP contribution in [0.4, 0.5) is 0 Å². The Balaban J connectivity index is 2.31. The van der Waals surface area contributed by atoms with Gasteiger partial charge < -0.3 is 0 Å². The Morgan fingerprint density at radius 3 is 2.24 bits per heavy atom. The largest absolute Gasteiger partial charge is 0.143 e. The Morgan fingerprint density at radius 2 is 1.59 bits per heavy atom. The molecule has 88 valence electrons. The van der Waals surface area contributed by atoms with Crippen LogP contribution >= 0.6 is 60.2 Å². The monoisotopic (exact) mass is 318 g/mol. The lowest BCUT2D eigenvalue weighted by Gasteiger charge is -2.07. The van der Waals surface area contributed by atoms with E-state index < -0.39 is 0 Å². The van der Waals surface area contributed by atoms with Crippen LogP contribution in [0.1, 0.15) is 0 Å². The zero-order valence-electron chi connectivity index (χ0n) is 8.52. The molecule has 0 saturated carbocycles. The van der Waals surface area contributed by atoms with Crippen LogP contribution in [-0.4, -0.2) is 0 Å². The third-order valence-electron chi connectivity index (χ3n) is 2.06. The quantitative estimate of drug-likeness (QED) is 0.667. The fourth-order valence-corrected chi connectivity index (χ4v) is 3.27. The molecule has 0 bridgehead atoms. The van der Waals surface area contributed by atoms with Gasteiger partial charge in [0, 0.05) is 24.6 Å². The Labute approximate surface area is 126 Å². The second kappa shape index (κ2) is 5.81. The summed E-state index contributed by atoms with van der Waals surface area (Å²) in [4.78, 5) is 3.68. The summed E-state index contributed by atoms with van der Waals surface area (Å²) in [6.45, 7) is 0. The molecule has 0 aromatic heterocycles. The van der Waals surface area contributed by atoms with Crippen molar-refractivity contribution in [1.29, 1.82) is 0 Å². The molecule has 0 saturated heterocycles. The summed E-state index contributed by atoms with van der Waals surface area (Å²) in [7, 11) is 0. The highest BCUT2D eigenvalue weighted by Gasteiger charge is 2.06. The second-order valence-electron chi connectivity index (χ2n) is 3.33. The molecule has 17 heavy (non-hydrogen) atoms. The number of rotatable bonds is 2. The lowest BCUT2D eigenvalue weighted by Crippen LogP contribution is -1.79. The summed E-state index contributed by atoms with van der Waals surface area (Å²) in [5.41, 5.74) is 0. The number of halogens is 2. The van der Waals surface area contributed by atoms with Crippen molar-refractivity contribution in [2.75, 3.05) is 0 Å². The molecule has 0 aliphatic heterocycles. The highest BCUT2D eigenvalue weighted by atomic mass is 35.5. The minimum atomic E-state index is 0.677. The first-order valence-corrected chi connectivity index (χ1v) is 7.18. The van der Waals surface area contributed by atoms with E-state index >= 15 is 0 Å². The second-order valence-corrected chi connectivity index (χ2v) is 6.25. The van der Waals surface area contributed by atoms with Gasteiger partial charge in [0.05, 0.1) is 5.02 Å². The van der Waals surface area contributed by atoms with Gasteiger partial charge in [-0.3, -0.25) is 0 Å². The summed E-state index contributed by atoms with van der Waals surface area (Å²) in [6, 6.07) is 11.3. The molecule has 2 aromatic carbocycles. The number of hydrogen-bond acceptors (Lipinski definition) is 3. The first-order chi connectivity index (χ1) is 8.06. The molecule has 2 aromatic rings. The third-order valence-corrected chi connectivity index (χ3v) is 4.67. The van der Waals surface area contributed by atoms with Crippen molar-refractivity contribution >= 4 is 60.2 Å². The fourth-order valence-electron chi connectivity index (χ4n) is 1.27. The third kappa shape index (κ3) is 3.52. The van der Waals surface area contributed by atoms with Crippen LogP contribution in [-0.2, 0) is 0 Å². The van der Waals surface area contributed by atoms with E-state index in [0.717, 1.165) is 19.6 Å². The molecule has 0 atom stereocenters. The standard InChI is InChI=1S/C12H8Cl2S3/c13-7-1-3-12(10(16)5-7)17-11-4-2-8(15)6-9(11)14/h1-6,15-16H. The fraction of sp³-hybridized carbons (Fsp3) is 0. The molecule has 0 radical (unpaired) electrons. The van der Waals surface area contributed by atoms with Crippen molar-refractivity contribution in [3.8, 4) is 0 Å². The number of thiol groups is 2. The molecular formula is C12H8Cl2S3. The zero-order chi connectivity index (χ0) is 12.4.